The van der Waals surface area contributed by atoms with E-state index in [1.54, 1.807) is 0 Å². The molecule has 0 spiro atoms. The molecule has 3 nitrogen and oxygen atoms in total. The van der Waals surface area contributed by atoms with Gasteiger partial charge < -0.3 is 4.98 Å². The van der Waals surface area contributed by atoms with Crippen LogP contribution in [0.25, 0.3) is 0 Å². The van der Waals surface area contributed by atoms with Gasteiger partial charge in [-0.05, 0) is 5.92 Å². The molecular weight excluding hydrogens is 160 g/mol. The Labute approximate surface area is 69.3 Å². The Morgan fingerprint density at radius 2 is 2.55 bits per heavy atom. The minimum absolute atomic E-state index is 0.221. The highest BCUT2D eigenvalue weighted by Crippen LogP contribution is 1.81. The Balaban J connectivity index is 2.90. The zero-order valence-electron chi connectivity index (χ0n) is 5.66. The van der Waals surface area contributed by atoms with Gasteiger partial charge in [0.15, 0.2) is 0 Å². The van der Waals surface area contributed by atoms with Crippen LogP contribution in [0.15, 0.2) is 17.2 Å². The van der Waals surface area contributed by atoms with Crippen molar-refractivity contribution in [3.05, 3.63) is 28.4 Å². The van der Waals surface area contributed by atoms with Gasteiger partial charge in [0.25, 0.3) is 5.56 Å². The van der Waals surface area contributed by atoms with Gasteiger partial charge in [-0.2, -0.15) is 12.6 Å². The number of rotatable bonds is 0. The van der Waals surface area contributed by atoms with Crippen molar-refractivity contribution in [3.8, 4) is 11.8 Å². The predicted molar refractivity (Wildman–Crippen MR) is 45.6 cm³/mol. The maximum Gasteiger partial charge on any atom is 0.266 e. The fraction of sp³-hybridized carbons (Fsp3) is 0.143. The summed E-state index contributed by atoms with van der Waals surface area (Å²) in [7, 11) is 0. The molecule has 0 saturated carbocycles. The quantitative estimate of drug-likeness (QED) is 0.422. The van der Waals surface area contributed by atoms with Crippen LogP contribution in [0.4, 0.5) is 0 Å². The SMILES string of the molecule is O=c1cnc(C#CCS)c[nH]1. The molecule has 1 aromatic heterocycles. The van der Waals surface area contributed by atoms with Crippen molar-refractivity contribution < 1.29 is 0 Å². The Morgan fingerprint density at radius 1 is 1.73 bits per heavy atom. The number of H-pyrrole nitrogens is 1. The van der Waals surface area contributed by atoms with Crippen LogP contribution in [0.2, 0.25) is 0 Å². The minimum atomic E-state index is -0.221. The molecule has 0 aliphatic heterocycles. The van der Waals surface area contributed by atoms with E-state index in [0.717, 1.165) is 0 Å². The van der Waals surface area contributed by atoms with Crippen LogP contribution < -0.4 is 5.56 Å². The summed E-state index contributed by atoms with van der Waals surface area (Å²) in [4.78, 5) is 16.7. The van der Waals surface area contributed by atoms with Crippen LogP contribution in [0.3, 0.4) is 0 Å². The van der Waals surface area contributed by atoms with E-state index in [9.17, 15) is 4.79 Å². The number of nitrogens with one attached hydrogen (secondary N) is 1. The van der Waals surface area contributed by atoms with E-state index >= 15 is 0 Å². The summed E-state index contributed by atoms with van der Waals surface area (Å²) in [5.74, 6) is 5.91. The van der Waals surface area contributed by atoms with Gasteiger partial charge in [0.05, 0.1) is 11.9 Å². The first-order valence-electron chi connectivity index (χ1n) is 2.97. The first-order valence-corrected chi connectivity index (χ1v) is 3.60. The third kappa shape index (κ3) is 2.48. The molecule has 0 bridgehead atoms. The van der Waals surface area contributed by atoms with E-state index in [4.69, 9.17) is 0 Å². The number of nitrogens with zero attached hydrogens (tertiary/aromatic N) is 1. The lowest BCUT2D eigenvalue weighted by Gasteiger charge is -1.84. The smallest absolute Gasteiger partial charge is 0.266 e. The van der Waals surface area contributed by atoms with Crippen molar-refractivity contribution in [2.24, 2.45) is 0 Å². The van der Waals surface area contributed by atoms with E-state index in [2.05, 4.69) is 34.4 Å². The van der Waals surface area contributed by atoms with E-state index in [1.165, 1.54) is 12.4 Å². The summed E-state index contributed by atoms with van der Waals surface area (Å²) in [5, 5.41) is 0. The van der Waals surface area contributed by atoms with Crippen molar-refractivity contribution in [2.45, 2.75) is 0 Å². The molecule has 0 radical (unpaired) electrons. The molecule has 1 rings (SSSR count). The Hall–Kier alpha value is -1.21. The fourth-order valence-corrected chi connectivity index (χ4v) is 0.620. The molecule has 0 fully saturated rings. The highest BCUT2D eigenvalue weighted by atomic mass is 32.1. The van der Waals surface area contributed by atoms with Crippen molar-refractivity contribution in [1.82, 2.24) is 9.97 Å². The van der Waals surface area contributed by atoms with Crippen molar-refractivity contribution in [1.29, 1.82) is 0 Å². The number of thiol groups is 1. The monoisotopic (exact) mass is 166 g/mol. The van der Waals surface area contributed by atoms with Crippen LogP contribution in [0.1, 0.15) is 5.69 Å². The third-order valence-electron chi connectivity index (χ3n) is 0.968. The molecule has 1 heterocycles. The van der Waals surface area contributed by atoms with Crippen LogP contribution in [-0.4, -0.2) is 15.7 Å². The molecule has 11 heavy (non-hydrogen) atoms. The third-order valence-corrected chi connectivity index (χ3v) is 1.13. The Morgan fingerprint density at radius 3 is 3.09 bits per heavy atom. The average molecular weight is 166 g/mol. The van der Waals surface area contributed by atoms with Gasteiger partial charge in [0, 0.05) is 6.20 Å². The van der Waals surface area contributed by atoms with Gasteiger partial charge in [-0.3, -0.25) is 4.79 Å². The van der Waals surface area contributed by atoms with Crippen molar-refractivity contribution in [2.75, 3.05) is 5.75 Å². The van der Waals surface area contributed by atoms with E-state index in [0.29, 0.717) is 11.4 Å². The van der Waals surface area contributed by atoms with Gasteiger partial charge in [-0.15, -0.1) is 0 Å². The number of aromatic nitrogens is 2. The maximum absolute atomic E-state index is 10.5. The van der Waals surface area contributed by atoms with Gasteiger partial charge in [-0.25, -0.2) is 4.98 Å². The summed E-state index contributed by atoms with van der Waals surface area (Å²) in [6.07, 6.45) is 2.67. The molecule has 0 unspecified atom stereocenters. The standard InChI is InChI=1S/C7H6N2OS/c10-7-5-8-6(4-9-7)2-1-3-11/h4-5,11H,3H2,(H,9,10). The summed E-state index contributed by atoms with van der Waals surface area (Å²) in [6, 6.07) is 0. The predicted octanol–water partition coefficient (Wildman–Crippen LogP) is 0.0512. The number of hydrogen-bond acceptors (Lipinski definition) is 3. The van der Waals surface area contributed by atoms with Crippen molar-refractivity contribution >= 4 is 12.6 Å². The molecule has 4 heteroatoms. The van der Waals surface area contributed by atoms with Gasteiger partial charge in [0.1, 0.15) is 5.69 Å². The lowest BCUT2D eigenvalue weighted by molar-refractivity contribution is 1.12. The Kier molecular flexibility index (Phi) is 2.75. The highest BCUT2D eigenvalue weighted by Gasteiger charge is 1.85. The first kappa shape index (κ1) is 7.89. The van der Waals surface area contributed by atoms with E-state index in [1.807, 2.05) is 0 Å². The van der Waals surface area contributed by atoms with Crippen LogP contribution in [-0.2, 0) is 0 Å². The molecule has 1 N–H and O–H groups in total. The first-order chi connectivity index (χ1) is 5.33. The number of hydrogen-bond donors (Lipinski definition) is 2. The second-order valence-corrected chi connectivity index (χ2v) is 2.07. The molecule has 0 aromatic carbocycles. The molecule has 0 aliphatic rings. The zero-order chi connectivity index (χ0) is 8.10. The second-order valence-electron chi connectivity index (χ2n) is 1.76. The normalized spacial score (nSPS) is 8.45. The van der Waals surface area contributed by atoms with Crippen LogP contribution in [0, 0.1) is 11.8 Å². The van der Waals surface area contributed by atoms with Gasteiger partial charge >= 0.3 is 0 Å². The minimum Gasteiger partial charge on any atom is -0.325 e. The second kappa shape index (κ2) is 3.84. The topological polar surface area (TPSA) is 45.8 Å². The fourth-order valence-electron chi connectivity index (χ4n) is 0.541. The van der Waals surface area contributed by atoms with E-state index < -0.39 is 0 Å². The lowest BCUT2D eigenvalue weighted by Crippen LogP contribution is -2.04. The summed E-state index contributed by atoms with van der Waals surface area (Å²) in [5.41, 5.74) is 0.333. The number of aromatic amines is 1. The molecule has 56 valence electrons. The molecule has 0 amide bonds. The Bertz CT molecular complexity index is 327. The van der Waals surface area contributed by atoms with Gasteiger partial charge in [-0.1, -0.05) is 5.92 Å². The molecule has 0 aliphatic carbocycles. The lowest BCUT2D eigenvalue weighted by atomic mass is 10.4. The maximum atomic E-state index is 10.5. The molecule has 1 aromatic rings. The average Bonchev–Trinajstić information content (AvgIpc) is 2.04. The van der Waals surface area contributed by atoms with Gasteiger partial charge in [0.2, 0.25) is 0 Å². The van der Waals surface area contributed by atoms with Crippen LogP contribution in [0.5, 0.6) is 0 Å². The molecule has 0 saturated heterocycles. The molecular formula is C7H6N2OS. The summed E-state index contributed by atoms with van der Waals surface area (Å²) >= 11 is 3.90. The highest BCUT2D eigenvalue weighted by molar-refractivity contribution is 7.80. The van der Waals surface area contributed by atoms with E-state index in [-0.39, 0.29) is 5.56 Å². The van der Waals surface area contributed by atoms with Crippen LogP contribution >= 0.6 is 12.6 Å². The van der Waals surface area contributed by atoms with Crippen molar-refractivity contribution in [3.63, 3.8) is 0 Å². The molecule has 0 atom stereocenters. The summed E-state index contributed by atoms with van der Waals surface area (Å²) < 4.78 is 0. The zero-order valence-corrected chi connectivity index (χ0v) is 6.56. The largest absolute Gasteiger partial charge is 0.325 e. The summed E-state index contributed by atoms with van der Waals surface area (Å²) in [6.45, 7) is 0.